The van der Waals surface area contributed by atoms with Crippen LogP contribution < -0.4 is 0 Å². The first kappa shape index (κ1) is 16.5. The summed E-state index contributed by atoms with van der Waals surface area (Å²) in [6.07, 6.45) is -0.490. The molecule has 1 unspecified atom stereocenters. The second kappa shape index (κ2) is 7.31. The molecule has 1 aromatic rings. The van der Waals surface area contributed by atoms with E-state index in [9.17, 15) is 9.90 Å². The first-order valence-corrected chi connectivity index (χ1v) is 7.90. The van der Waals surface area contributed by atoms with E-state index in [0.717, 1.165) is 20.5 Å². The summed E-state index contributed by atoms with van der Waals surface area (Å²) in [6.45, 7) is 6.13. The minimum Gasteiger partial charge on any atom is -0.392 e. The molecule has 0 saturated carbocycles. The Morgan fingerprint density at radius 2 is 2.05 bits per heavy atom. The fraction of sp³-hybridized carbons (Fsp3) is 0.500. The van der Waals surface area contributed by atoms with E-state index in [0.29, 0.717) is 12.3 Å². The molecule has 3 nitrogen and oxygen atoms in total. The molecule has 1 aromatic carbocycles. The van der Waals surface area contributed by atoms with E-state index in [2.05, 4.69) is 28.1 Å². The number of benzene rings is 1. The van der Waals surface area contributed by atoms with Crippen molar-refractivity contribution >= 4 is 33.6 Å². The topological polar surface area (TPSA) is 40.5 Å². The number of nitrogens with zero attached hydrogens (tertiary/aromatic N) is 1. The number of amides is 1. The van der Waals surface area contributed by atoms with Gasteiger partial charge in [-0.3, -0.25) is 4.79 Å². The van der Waals surface area contributed by atoms with Crippen molar-refractivity contribution in [1.29, 1.82) is 0 Å². The third-order valence-electron chi connectivity index (χ3n) is 2.77. The fourth-order valence-corrected chi connectivity index (χ4v) is 3.16. The highest BCUT2D eigenvalue weighted by atomic mass is 79.9. The van der Waals surface area contributed by atoms with Crippen LogP contribution in [0.3, 0.4) is 0 Å². The molecule has 0 aliphatic rings. The van der Waals surface area contributed by atoms with Crippen molar-refractivity contribution in [3.8, 4) is 0 Å². The van der Waals surface area contributed by atoms with E-state index >= 15 is 0 Å². The predicted octanol–water partition coefficient (Wildman–Crippen LogP) is 3.00. The number of aryl methyl sites for hydroxylation is 2. The van der Waals surface area contributed by atoms with Crippen LogP contribution in [-0.2, 0) is 4.79 Å². The van der Waals surface area contributed by atoms with Gasteiger partial charge in [-0.2, -0.15) is 0 Å². The zero-order chi connectivity index (χ0) is 14.6. The SMILES string of the molecule is Cc1cc(SCC(=O)N(C)CC(C)O)c(C)cc1Br. The number of thioether (sulfide) groups is 1. The third kappa shape index (κ3) is 5.16. The molecule has 0 saturated heterocycles. The third-order valence-corrected chi connectivity index (χ3v) is 4.77. The Kier molecular flexibility index (Phi) is 6.36. The van der Waals surface area contributed by atoms with Crippen LogP contribution in [0.25, 0.3) is 0 Å². The standard InChI is InChI=1S/C14H20BrNO2S/c1-9-6-13(10(2)5-12(9)15)19-8-14(18)16(4)7-11(3)17/h5-6,11,17H,7-8H2,1-4H3. The molecule has 106 valence electrons. The Balaban J connectivity index is 2.62. The zero-order valence-corrected chi connectivity index (χ0v) is 14.1. The first-order valence-electron chi connectivity index (χ1n) is 6.13. The number of carbonyl (C=O) groups excluding carboxylic acids is 1. The molecule has 0 heterocycles. The van der Waals surface area contributed by atoms with Crippen LogP contribution in [0.15, 0.2) is 21.5 Å². The molecule has 0 spiro atoms. The number of rotatable bonds is 5. The van der Waals surface area contributed by atoms with Gasteiger partial charge in [-0.05, 0) is 44.0 Å². The van der Waals surface area contributed by atoms with Crippen molar-refractivity contribution in [3.63, 3.8) is 0 Å². The fourth-order valence-electron chi connectivity index (χ4n) is 1.66. The van der Waals surface area contributed by atoms with Crippen LogP contribution >= 0.6 is 27.7 Å². The Morgan fingerprint density at radius 3 is 2.63 bits per heavy atom. The van der Waals surface area contributed by atoms with Crippen molar-refractivity contribution in [1.82, 2.24) is 4.90 Å². The van der Waals surface area contributed by atoms with Crippen molar-refractivity contribution in [2.45, 2.75) is 31.8 Å². The summed E-state index contributed by atoms with van der Waals surface area (Å²) in [4.78, 5) is 14.6. The van der Waals surface area contributed by atoms with Gasteiger partial charge in [-0.25, -0.2) is 0 Å². The summed E-state index contributed by atoms with van der Waals surface area (Å²) < 4.78 is 1.09. The number of hydrogen-bond acceptors (Lipinski definition) is 3. The molecule has 0 aliphatic carbocycles. The molecular weight excluding hydrogens is 326 g/mol. The minimum atomic E-state index is -0.490. The lowest BCUT2D eigenvalue weighted by Gasteiger charge is -2.18. The van der Waals surface area contributed by atoms with Gasteiger partial charge in [0.1, 0.15) is 0 Å². The molecule has 1 N–H and O–H groups in total. The lowest BCUT2D eigenvalue weighted by molar-refractivity contribution is -0.128. The number of aliphatic hydroxyl groups is 1. The van der Waals surface area contributed by atoms with Crippen LogP contribution in [0.1, 0.15) is 18.1 Å². The van der Waals surface area contributed by atoms with Crippen molar-refractivity contribution in [2.24, 2.45) is 0 Å². The number of hydrogen-bond donors (Lipinski definition) is 1. The Labute approximate surface area is 127 Å². The number of carbonyl (C=O) groups is 1. The van der Waals surface area contributed by atoms with E-state index in [-0.39, 0.29) is 5.91 Å². The molecule has 19 heavy (non-hydrogen) atoms. The lowest BCUT2D eigenvalue weighted by atomic mass is 10.2. The largest absolute Gasteiger partial charge is 0.392 e. The summed E-state index contributed by atoms with van der Waals surface area (Å²) in [5.74, 6) is 0.427. The maximum Gasteiger partial charge on any atom is 0.232 e. The zero-order valence-electron chi connectivity index (χ0n) is 11.7. The van der Waals surface area contributed by atoms with Gasteiger partial charge in [-0.15, -0.1) is 11.8 Å². The molecule has 0 aliphatic heterocycles. The van der Waals surface area contributed by atoms with Crippen LogP contribution in [0.4, 0.5) is 0 Å². The normalized spacial score (nSPS) is 12.3. The van der Waals surface area contributed by atoms with Crippen LogP contribution in [0.5, 0.6) is 0 Å². The highest BCUT2D eigenvalue weighted by Gasteiger charge is 2.12. The molecular formula is C14H20BrNO2S. The number of likely N-dealkylation sites (N-methyl/N-ethyl adjacent to an activating group) is 1. The van der Waals surface area contributed by atoms with E-state index < -0.39 is 6.10 Å². The van der Waals surface area contributed by atoms with Gasteiger partial charge in [0, 0.05) is 23.0 Å². The number of halogens is 1. The summed E-state index contributed by atoms with van der Waals surface area (Å²) in [5.41, 5.74) is 2.33. The maximum atomic E-state index is 11.9. The summed E-state index contributed by atoms with van der Waals surface area (Å²) >= 11 is 5.04. The first-order chi connectivity index (χ1) is 8.81. The smallest absolute Gasteiger partial charge is 0.232 e. The van der Waals surface area contributed by atoms with Gasteiger partial charge >= 0.3 is 0 Å². The molecule has 0 fully saturated rings. The van der Waals surface area contributed by atoms with Gasteiger partial charge in [0.2, 0.25) is 5.91 Å². The van der Waals surface area contributed by atoms with E-state index in [1.165, 1.54) is 11.8 Å². The molecule has 1 rings (SSSR count). The van der Waals surface area contributed by atoms with Gasteiger partial charge < -0.3 is 10.0 Å². The second-order valence-corrected chi connectivity index (χ2v) is 6.65. The molecule has 1 atom stereocenters. The van der Waals surface area contributed by atoms with Crippen LogP contribution in [-0.4, -0.2) is 41.4 Å². The number of aliphatic hydroxyl groups excluding tert-OH is 1. The summed E-state index contributed by atoms with van der Waals surface area (Å²) in [6, 6.07) is 4.16. The van der Waals surface area contributed by atoms with Crippen LogP contribution in [0.2, 0.25) is 0 Å². The Morgan fingerprint density at radius 1 is 1.42 bits per heavy atom. The van der Waals surface area contributed by atoms with Crippen molar-refractivity contribution in [2.75, 3.05) is 19.3 Å². The molecule has 0 aromatic heterocycles. The van der Waals surface area contributed by atoms with E-state index in [4.69, 9.17) is 0 Å². The van der Waals surface area contributed by atoms with Gasteiger partial charge in [0.25, 0.3) is 0 Å². The highest BCUT2D eigenvalue weighted by molar-refractivity contribution is 9.10. The predicted molar refractivity (Wildman–Crippen MR) is 83.7 cm³/mol. The quantitative estimate of drug-likeness (QED) is 0.834. The van der Waals surface area contributed by atoms with Gasteiger partial charge in [0.05, 0.1) is 11.9 Å². The average molecular weight is 346 g/mol. The monoisotopic (exact) mass is 345 g/mol. The Bertz CT molecular complexity index is 463. The van der Waals surface area contributed by atoms with E-state index in [1.807, 2.05) is 13.8 Å². The molecule has 0 radical (unpaired) electrons. The average Bonchev–Trinajstić information content (AvgIpc) is 2.30. The molecule has 1 amide bonds. The maximum absolute atomic E-state index is 11.9. The van der Waals surface area contributed by atoms with E-state index in [1.54, 1.807) is 18.9 Å². The Hall–Kier alpha value is -0.520. The van der Waals surface area contributed by atoms with Crippen molar-refractivity contribution in [3.05, 3.63) is 27.7 Å². The summed E-state index contributed by atoms with van der Waals surface area (Å²) in [7, 11) is 1.72. The lowest BCUT2D eigenvalue weighted by Crippen LogP contribution is -2.34. The second-order valence-electron chi connectivity index (χ2n) is 4.78. The minimum absolute atomic E-state index is 0.0332. The highest BCUT2D eigenvalue weighted by Crippen LogP contribution is 2.28. The van der Waals surface area contributed by atoms with Gasteiger partial charge in [-0.1, -0.05) is 15.9 Å². The van der Waals surface area contributed by atoms with Gasteiger partial charge in [0.15, 0.2) is 0 Å². The molecule has 0 bridgehead atoms. The van der Waals surface area contributed by atoms with Crippen molar-refractivity contribution < 1.29 is 9.90 Å². The summed E-state index contributed by atoms with van der Waals surface area (Å²) in [5, 5.41) is 9.26. The molecule has 5 heteroatoms. The van der Waals surface area contributed by atoms with Crippen LogP contribution in [0, 0.1) is 13.8 Å².